The molecular formula is C3H5ClN2OS2. The van der Waals surface area contributed by atoms with Gasteiger partial charge in [0.05, 0.1) is 10.1 Å². The first-order chi connectivity index (χ1) is 4.22. The maximum Gasteiger partial charge on any atom is 0.258 e. The highest BCUT2D eigenvalue weighted by atomic mass is 35.5. The van der Waals surface area contributed by atoms with E-state index in [2.05, 4.69) is 15.7 Å². The van der Waals surface area contributed by atoms with Crippen LogP contribution in [0.5, 0.6) is 0 Å². The van der Waals surface area contributed by atoms with Crippen molar-refractivity contribution in [1.82, 2.24) is 5.01 Å². The van der Waals surface area contributed by atoms with E-state index in [-0.39, 0.29) is 11.8 Å². The van der Waals surface area contributed by atoms with Gasteiger partial charge in [0.2, 0.25) is 0 Å². The highest BCUT2D eigenvalue weighted by Crippen LogP contribution is 1.86. The van der Waals surface area contributed by atoms with Crippen LogP contribution in [0, 0.1) is 0 Å². The zero-order valence-corrected chi connectivity index (χ0v) is 7.09. The molecule has 9 heavy (non-hydrogen) atoms. The monoisotopic (exact) mass is 184 g/mol. The Morgan fingerprint density at radius 2 is 2.56 bits per heavy atom. The number of nitrogens with zero attached hydrogens (tertiary/aromatic N) is 2. The van der Waals surface area contributed by atoms with Gasteiger partial charge in [0.25, 0.3) is 5.91 Å². The van der Waals surface area contributed by atoms with Crippen LogP contribution in [0.2, 0.25) is 0 Å². The van der Waals surface area contributed by atoms with Gasteiger partial charge in [-0.3, -0.25) is 4.79 Å². The standard InChI is InChI=1S/C3H5ClN2OS2/c1-6(5-9-8)3(7)2-4/h2H2,1H3. The lowest BCUT2D eigenvalue weighted by atomic mass is 10.7. The minimum atomic E-state index is -0.256. The smallest absolute Gasteiger partial charge is 0.258 e. The van der Waals surface area contributed by atoms with E-state index in [1.807, 2.05) is 0 Å². The third-order valence-corrected chi connectivity index (χ3v) is 1.37. The van der Waals surface area contributed by atoms with E-state index in [1.54, 1.807) is 0 Å². The van der Waals surface area contributed by atoms with Crippen LogP contribution in [0.4, 0.5) is 0 Å². The Hall–Kier alpha value is -0.0000000000000000555. The third kappa shape index (κ3) is 3.56. The highest BCUT2D eigenvalue weighted by molar-refractivity contribution is 8.12. The maximum absolute atomic E-state index is 10.5. The fourth-order valence-corrected chi connectivity index (χ4v) is 0.846. The van der Waals surface area contributed by atoms with E-state index in [9.17, 15) is 4.79 Å². The predicted molar refractivity (Wildman–Crippen MR) is 40.6 cm³/mol. The van der Waals surface area contributed by atoms with Gasteiger partial charge in [0.1, 0.15) is 5.88 Å². The molecule has 0 aromatic rings. The lowest BCUT2D eigenvalue weighted by molar-refractivity contribution is -0.127. The molecule has 0 N–H and O–H groups in total. The third-order valence-electron chi connectivity index (χ3n) is 0.631. The van der Waals surface area contributed by atoms with Gasteiger partial charge in [-0.25, -0.2) is 5.01 Å². The molecule has 0 atom stereocenters. The Balaban J connectivity index is 3.87. The predicted octanol–water partition coefficient (Wildman–Crippen LogP) is 0.327. The molecule has 0 rings (SSSR count). The van der Waals surface area contributed by atoms with E-state index >= 15 is 0 Å². The van der Waals surface area contributed by atoms with E-state index in [0.717, 1.165) is 15.1 Å². The molecule has 0 aliphatic rings. The second-order valence-electron chi connectivity index (χ2n) is 1.21. The Kier molecular flexibility index (Phi) is 4.84. The first-order valence-corrected chi connectivity index (χ1v) is 4.28. The lowest BCUT2D eigenvalue weighted by Crippen LogP contribution is -2.21. The molecule has 0 saturated carbocycles. The number of carbonyl (C=O) groups is 1. The molecule has 0 aromatic carbocycles. The molecular weight excluding hydrogens is 180 g/mol. The molecule has 6 heteroatoms. The molecule has 0 fully saturated rings. The number of carbonyl (C=O) groups excluding carboxylic acids is 1. The molecule has 0 saturated heterocycles. The van der Waals surface area contributed by atoms with Gasteiger partial charge >= 0.3 is 0 Å². The summed E-state index contributed by atoms with van der Waals surface area (Å²) in [5.41, 5.74) is 0. The lowest BCUT2D eigenvalue weighted by Gasteiger charge is -2.03. The van der Waals surface area contributed by atoms with Crippen LogP contribution in [-0.4, -0.2) is 23.8 Å². The van der Waals surface area contributed by atoms with E-state index < -0.39 is 0 Å². The van der Waals surface area contributed by atoms with E-state index in [1.165, 1.54) is 7.05 Å². The quantitative estimate of drug-likeness (QED) is 0.458. The number of alkyl halides is 1. The van der Waals surface area contributed by atoms with Gasteiger partial charge in [-0.05, 0) is 0 Å². The zero-order valence-electron chi connectivity index (χ0n) is 4.70. The summed E-state index contributed by atoms with van der Waals surface area (Å²) in [5.74, 6) is -0.315. The molecule has 0 spiro atoms. The van der Waals surface area contributed by atoms with E-state index in [0.29, 0.717) is 0 Å². The topological polar surface area (TPSA) is 32.7 Å². The maximum atomic E-state index is 10.5. The molecule has 0 bridgehead atoms. The summed E-state index contributed by atoms with van der Waals surface area (Å²) in [7, 11) is 2.31. The largest absolute Gasteiger partial charge is 0.272 e. The van der Waals surface area contributed by atoms with Crippen molar-refractivity contribution in [2.75, 3.05) is 12.9 Å². The molecule has 1 amide bonds. The fourth-order valence-electron chi connectivity index (χ4n) is 0.182. The van der Waals surface area contributed by atoms with Crippen molar-refractivity contribution in [2.24, 2.45) is 4.47 Å². The Morgan fingerprint density at radius 3 is 2.89 bits per heavy atom. The van der Waals surface area contributed by atoms with Crippen molar-refractivity contribution in [1.29, 1.82) is 0 Å². The van der Waals surface area contributed by atoms with Gasteiger partial charge in [0.15, 0.2) is 0 Å². The van der Waals surface area contributed by atoms with Crippen molar-refractivity contribution in [3.05, 3.63) is 0 Å². The fraction of sp³-hybridized carbons (Fsp3) is 0.667. The van der Waals surface area contributed by atoms with Crippen molar-refractivity contribution in [3.8, 4) is 0 Å². The average Bonchev–Trinajstić information content (AvgIpc) is 1.87. The summed E-state index contributed by atoms with van der Waals surface area (Å²) in [4.78, 5) is 10.5. The highest BCUT2D eigenvalue weighted by Gasteiger charge is 2.02. The second-order valence-corrected chi connectivity index (χ2v) is 2.23. The molecule has 0 aliphatic heterocycles. The average molecular weight is 185 g/mol. The number of amides is 1. The molecule has 52 valence electrons. The van der Waals surface area contributed by atoms with Crippen LogP contribution in [0.15, 0.2) is 4.47 Å². The minimum absolute atomic E-state index is 0.0596. The van der Waals surface area contributed by atoms with Crippen molar-refractivity contribution in [2.45, 2.75) is 0 Å². The van der Waals surface area contributed by atoms with Gasteiger partial charge in [-0.1, -0.05) is 4.47 Å². The minimum Gasteiger partial charge on any atom is -0.272 e. The van der Waals surface area contributed by atoms with Crippen LogP contribution in [-0.2, 0) is 26.1 Å². The molecule has 0 heterocycles. The van der Waals surface area contributed by atoms with Crippen molar-refractivity contribution < 1.29 is 4.79 Å². The Labute approximate surface area is 66.3 Å². The number of rotatable bonds is 2. The molecule has 0 aromatic heterocycles. The first-order valence-electron chi connectivity index (χ1n) is 2.05. The van der Waals surface area contributed by atoms with E-state index in [4.69, 9.17) is 11.6 Å². The first kappa shape index (κ1) is 9.00. The summed E-state index contributed by atoms with van der Waals surface area (Å²) >= 11 is 9.60. The summed E-state index contributed by atoms with van der Waals surface area (Å²) in [6.45, 7) is 0. The van der Waals surface area contributed by atoms with Gasteiger partial charge in [-0.15, -0.1) is 11.6 Å². The van der Waals surface area contributed by atoms with Crippen LogP contribution >= 0.6 is 11.6 Å². The van der Waals surface area contributed by atoms with Crippen molar-refractivity contribution >= 4 is 38.8 Å². The molecule has 0 unspecified atom stereocenters. The van der Waals surface area contributed by atoms with Crippen molar-refractivity contribution in [3.63, 3.8) is 0 Å². The second kappa shape index (κ2) is 4.84. The normalized spacial score (nSPS) is 8.22. The number of hydrogen-bond donors (Lipinski definition) is 0. The number of hydrogen-bond acceptors (Lipinski definition) is 3. The van der Waals surface area contributed by atoms with Crippen LogP contribution in [0.3, 0.4) is 0 Å². The van der Waals surface area contributed by atoms with Crippen LogP contribution in [0.25, 0.3) is 0 Å². The van der Waals surface area contributed by atoms with Crippen LogP contribution < -0.4 is 0 Å². The number of halogens is 1. The summed E-state index contributed by atoms with van der Waals surface area (Å²) in [5, 5.41) is 1.12. The summed E-state index contributed by atoms with van der Waals surface area (Å²) < 4.78 is 3.53. The van der Waals surface area contributed by atoms with Gasteiger partial charge in [-0.2, -0.15) is 0 Å². The van der Waals surface area contributed by atoms with Gasteiger partial charge in [0, 0.05) is 18.2 Å². The Bertz CT molecular complexity index is 156. The SMILES string of the molecule is CN(N=S=S)C(=O)CCl. The molecule has 3 nitrogen and oxygen atoms in total. The summed E-state index contributed by atoms with van der Waals surface area (Å²) in [6.07, 6.45) is 0. The van der Waals surface area contributed by atoms with Gasteiger partial charge < -0.3 is 0 Å². The summed E-state index contributed by atoms with van der Waals surface area (Å²) in [6, 6.07) is 0. The Morgan fingerprint density at radius 1 is 2.00 bits per heavy atom. The van der Waals surface area contributed by atoms with Crippen LogP contribution in [0.1, 0.15) is 0 Å². The molecule has 0 aliphatic carbocycles. The molecule has 0 radical (unpaired) electrons. The zero-order chi connectivity index (χ0) is 7.28.